The highest BCUT2D eigenvalue weighted by Crippen LogP contribution is 2.23. The molecule has 1 heterocycles. The second-order valence-electron chi connectivity index (χ2n) is 3.48. The number of aromatic nitrogens is 2. The minimum atomic E-state index is -0.0595. The molecular formula is C9H17N5O. The average Bonchev–Trinajstić information content (AvgIpc) is 2.41. The van der Waals surface area contributed by atoms with Crippen molar-refractivity contribution in [3.05, 3.63) is 5.69 Å². The summed E-state index contributed by atoms with van der Waals surface area (Å²) in [4.78, 5) is 13.0. The SMILES string of the molecule is CNC(=O)CN(C)c1c(N)c(C)nn1C. The molecule has 6 heteroatoms. The van der Waals surface area contributed by atoms with Crippen LogP contribution in [0.4, 0.5) is 11.5 Å². The Labute approximate surface area is 89.0 Å². The molecular weight excluding hydrogens is 194 g/mol. The second kappa shape index (κ2) is 4.20. The van der Waals surface area contributed by atoms with E-state index >= 15 is 0 Å². The van der Waals surface area contributed by atoms with Gasteiger partial charge in [-0.2, -0.15) is 5.10 Å². The van der Waals surface area contributed by atoms with Gasteiger partial charge in [0.1, 0.15) is 0 Å². The summed E-state index contributed by atoms with van der Waals surface area (Å²) in [6.07, 6.45) is 0. The van der Waals surface area contributed by atoms with Crippen molar-refractivity contribution in [2.45, 2.75) is 6.92 Å². The lowest BCUT2D eigenvalue weighted by Crippen LogP contribution is -2.34. The number of likely N-dealkylation sites (N-methyl/N-ethyl adjacent to an activating group) is 2. The molecule has 0 unspecified atom stereocenters. The fourth-order valence-electron chi connectivity index (χ4n) is 1.48. The van der Waals surface area contributed by atoms with Crippen LogP contribution in [0.3, 0.4) is 0 Å². The van der Waals surface area contributed by atoms with Gasteiger partial charge in [0, 0.05) is 21.1 Å². The zero-order valence-electron chi connectivity index (χ0n) is 9.53. The zero-order chi connectivity index (χ0) is 11.6. The van der Waals surface area contributed by atoms with E-state index in [1.807, 2.05) is 14.0 Å². The van der Waals surface area contributed by atoms with Crippen molar-refractivity contribution in [1.82, 2.24) is 15.1 Å². The highest BCUT2D eigenvalue weighted by molar-refractivity contribution is 5.82. The van der Waals surface area contributed by atoms with Gasteiger partial charge < -0.3 is 16.0 Å². The monoisotopic (exact) mass is 211 g/mol. The third-order valence-corrected chi connectivity index (χ3v) is 2.26. The topological polar surface area (TPSA) is 76.2 Å². The van der Waals surface area contributed by atoms with Crippen molar-refractivity contribution in [3.8, 4) is 0 Å². The van der Waals surface area contributed by atoms with E-state index in [9.17, 15) is 4.79 Å². The van der Waals surface area contributed by atoms with Crippen LogP contribution in [0.5, 0.6) is 0 Å². The molecule has 0 bridgehead atoms. The summed E-state index contributed by atoms with van der Waals surface area (Å²) >= 11 is 0. The second-order valence-corrected chi connectivity index (χ2v) is 3.48. The van der Waals surface area contributed by atoms with Gasteiger partial charge >= 0.3 is 0 Å². The van der Waals surface area contributed by atoms with Crippen molar-refractivity contribution >= 4 is 17.4 Å². The molecule has 3 N–H and O–H groups in total. The molecule has 84 valence electrons. The van der Waals surface area contributed by atoms with Gasteiger partial charge in [0.15, 0.2) is 5.82 Å². The molecule has 0 saturated heterocycles. The van der Waals surface area contributed by atoms with Crippen LogP contribution in [0.2, 0.25) is 0 Å². The number of nitrogen functional groups attached to an aromatic ring is 1. The number of rotatable bonds is 3. The average molecular weight is 211 g/mol. The maximum absolute atomic E-state index is 11.2. The number of carbonyl (C=O) groups is 1. The van der Waals surface area contributed by atoms with Gasteiger partial charge in [-0.05, 0) is 6.92 Å². The Hall–Kier alpha value is -1.72. The third kappa shape index (κ3) is 2.20. The van der Waals surface area contributed by atoms with Gasteiger partial charge in [-0.1, -0.05) is 0 Å². The summed E-state index contributed by atoms with van der Waals surface area (Å²) in [6.45, 7) is 2.10. The predicted octanol–water partition coefficient (Wildman–Crippen LogP) is -0.507. The van der Waals surface area contributed by atoms with Gasteiger partial charge in [-0.15, -0.1) is 0 Å². The highest BCUT2D eigenvalue weighted by atomic mass is 16.1. The summed E-state index contributed by atoms with van der Waals surface area (Å²) in [5.74, 6) is 0.701. The van der Waals surface area contributed by atoms with Crippen LogP contribution in [-0.2, 0) is 11.8 Å². The minimum Gasteiger partial charge on any atom is -0.394 e. The summed E-state index contributed by atoms with van der Waals surface area (Å²) < 4.78 is 1.67. The molecule has 6 nitrogen and oxygen atoms in total. The smallest absolute Gasteiger partial charge is 0.239 e. The van der Waals surface area contributed by atoms with E-state index in [4.69, 9.17) is 5.73 Å². The predicted molar refractivity (Wildman–Crippen MR) is 59.7 cm³/mol. The van der Waals surface area contributed by atoms with E-state index in [1.54, 1.807) is 23.7 Å². The molecule has 1 rings (SSSR count). The number of hydrogen-bond donors (Lipinski definition) is 2. The first-order valence-electron chi connectivity index (χ1n) is 4.68. The lowest BCUT2D eigenvalue weighted by Gasteiger charge is -2.18. The molecule has 15 heavy (non-hydrogen) atoms. The molecule has 0 aliphatic heterocycles. The van der Waals surface area contributed by atoms with E-state index in [0.717, 1.165) is 11.5 Å². The molecule has 0 saturated carbocycles. The van der Waals surface area contributed by atoms with Crippen molar-refractivity contribution in [1.29, 1.82) is 0 Å². The Morgan fingerprint density at radius 2 is 2.27 bits per heavy atom. The van der Waals surface area contributed by atoms with Crippen molar-refractivity contribution in [3.63, 3.8) is 0 Å². The van der Waals surface area contributed by atoms with Crippen LogP contribution < -0.4 is 16.0 Å². The molecule has 0 aromatic carbocycles. The molecule has 1 amide bonds. The first-order chi connectivity index (χ1) is 6.97. The summed E-state index contributed by atoms with van der Waals surface area (Å²) in [5, 5.41) is 6.74. The highest BCUT2D eigenvalue weighted by Gasteiger charge is 2.15. The molecule has 0 aliphatic rings. The lowest BCUT2D eigenvalue weighted by molar-refractivity contribution is -0.119. The van der Waals surface area contributed by atoms with Gasteiger partial charge in [0.05, 0.1) is 17.9 Å². The number of amides is 1. The van der Waals surface area contributed by atoms with Crippen molar-refractivity contribution in [2.75, 3.05) is 31.3 Å². The number of aryl methyl sites for hydroxylation is 2. The standard InChI is InChI=1S/C9H17N5O/c1-6-8(10)9(14(4)12-6)13(3)5-7(15)11-2/h5,10H2,1-4H3,(H,11,15). The molecule has 1 aromatic heterocycles. The van der Waals surface area contributed by atoms with Crippen LogP contribution in [-0.4, -0.2) is 36.3 Å². The fraction of sp³-hybridized carbons (Fsp3) is 0.556. The molecule has 1 aromatic rings. The van der Waals surface area contributed by atoms with Crippen LogP contribution in [0.25, 0.3) is 0 Å². The largest absolute Gasteiger partial charge is 0.394 e. The van der Waals surface area contributed by atoms with Gasteiger partial charge in [0.2, 0.25) is 5.91 Å². The van der Waals surface area contributed by atoms with E-state index in [2.05, 4.69) is 10.4 Å². The zero-order valence-corrected chi connectivity index (χ0v) is 9.53. The minimum absolute atomic E-state index is 0.0595. The quantitative estimate of drug-likeness (QED) is 0.706. The number of nitrogens with two attached hydrogens (primary N) is 1. The van der Waals surface area contributed by atoms with Gasteiger partial charge in [-0.3, -0.25) is 9.48 Å². The summed E-state index contributed by atoms with van der Waals surface area (Å²) in [6, 6.07) is 0. The van der Waals surface area contributed by atoms with Gasteiger partial charge in [0.25, 0.3) is 0 Å². The fourth-order valence-corrected chi connectivity index (χ4v) is 1.48. The maximum Gasteiger partial charge on any atom is 0.239 e. The summed E-state index contributed by atoms with van der Waals surface area (Å²) in [5.41, 5.74) is 7.25. The molecule has 0 fully saturated rings. The van der Waals surface area contributed by atoms with Crippen molar-refractivity contribution in [2.24, 2.45) is 7.05 Å². The molecule has 0 atom stereocenters. The Balaban J connectivity index is 2.90. The Morgan fingerprint density at radius 3 is 2.67 bits per heavy atom. The lowest BCUT2D eigenvalue weighted by atomic mass is 10.3. The van der Waals surface area contributed by atoms with E-state index in [-0.39, 0.29) is 12.5 Å². The Morgan fingerprint density at radius 1 is 1.67 bits per heavy atom. The molecule has 0 aliphatic carbocycles. The summed E-state index contributed by atoms with van der Waals surface area (Å²) in [7, 11) is 5.22. The third-order valence-electron chi connectivity index (χ3n) is 2.26. The molecule has 0 radical (unpaired) electrons. The Kier molecular flexibility index (Phi) is 3.18. The van der Waals surface area contributed by atoms with Crippen LogP contribution in [0.1, 0.15) is 5.69 Å². The number of nitrogens with zero attached hydrogens (tertiary/aromatic N) is 3. The van der Waals surface area contributed by atoms with Crippen LogP contribution in [0, 0.1) is 6.92 Å². The maximum atomic E-state index is 11.2. The van der Waals surface area contributed by atoms with Crippen molar-refractivity contribution < 1.29 is 4.79 Å². The Bertz CT molecular complexity index is 371. The van der Waals surface area contributed by atoms with Crippen LogP contribution >= 0.6 is 0 Å². The number of anilines is 2. The number of hydrogen-bond acceptors (Lipinski definition) is 4. The van der Waals surface area contributed by atoms with E-state index < -0.39 is 0 Å². The number of carbonyl (C=O) groups excluding carboxylic acids is 1. The van der Waals surface area contributed by atoms with E-state index in [0.29, 0.717) is 5.69 Å². The first-order valence-corrected chi connectivity index (χ1v) is 4.68. The van der Waals surface area contributed by atoms with Crippen LogP contribution in [0.15, 0.2) is 0 Å². The molecule has 0 spiro atoms. The number of nitrogens with one attached hydrogen (secondary N) is 1. The van der Waals surface area contributed by atoms with E-state index in [1.165, 1.54) is 0 Å². The normalized spacial score (nSPS) is 10.1. The first kappa shape index (κ1) is 11.4. The van der Waals surface area contributed by atoms with Gasteiger partial charge in [-0.25, -0.2) is 0 Å².